The molecule has 0 fully saturated rings. The lowest BCUT2D eigenvalue weighted by Crippen LogP contribution is -2.57. The van der Waals surface area contributed by atoms with Gasteiger partial charge in [-0.3, -0.25) is 14.4 Å². The van der Waals surface area contributed by atoms with Crippen LogP contribution in [-0.2, 0) is 14.4 Å². The highest BCUT2D eigenvalue weighted by molar-refractivity contribution is 6.11. The number of amides is 3. The minimum atomic E-state index is -5.83. The smallest absolute Gasteiger partial charge is 0.395 e. The Morgan fingerprint density at radius 1 is 0.973 bits per heavy atom. The Bertz CT molecular complexity index is 1190. The van der Waals surface area contributed by atoms with Crippen molar-refractivity contribution in [2.24, 2.45) is 0 Å². The fourth-order valence-electron chi connectivity index (χ4n) is 3.83. The van der Waals surface area contributed by atoms with E-state index in [-0.39, 0.29) is 6.54 Å². The summed E-state index contributed by atoms with van der Waals surface area (Å²) in [6.45, 7) is -1.02. The monoisotopic (exact) mass is 529 g/mol. The molecule has 1 aliphatic heterocycles. The van der Waals surface area contributed by atoms with E-state index < -0.39 is 61.0 Å². The molecule has 0 unspecified atom stereocenters. The van der Waals surface area contributed by atoms with Gasteiger partial charge >= 0.3 is 12.1 Å². The number of benzene rings is 2. The molecule has 0 saturated carbocycles. The van der Waals surface area contributed by atoms with Gasteiger partial charge in [-0.05, 0) is 24.1 Å². The summed E-state index contributed by atoms with van der Waals surface area (Å²) in [5.41, 5.74) is -0.998. The van der Waals surface area contributed by atoms with Gasteiger partial charge in [0, 0.05) is 25.1 Å². The van der Waals surface area contributed by atoms with Crippen LogP contribution in [-0.4, -0.2) is 65.3 Å². The number of rotatable bonds is 8. The molecule has 0 aromatic heterocycles. The second-order valence-electron chi connectivity index (χ2n) is 8.50. The summed E-state index contributed by atoms with van der Waals surface area (Å²) >= 11 is 0. The van der Waals surface area contributed by atoms with Crippen molar-refractivity contribution in [3.8, 4) is 11.1 Å². The SMILES string of the molecule is C[C@@](O)(C(=O)NCCC(F)(F)C(F)(F)F)C(=O)N[C@@H]1C(=O)N(CCO)c2ccccc2-c2ccccc21. The number of hydrogen-bond acceptors (Lipinski definition) is 5. The topological polar surface area (TPSA) is 119 Å². The average Bonchev–Trinajstić information content (AvgIpc) is 2.93. The molecule has 13 heteroatoms. The first-order chi connectivity index (χ1) is 17.2. The van der Waals surface area contributed by atoms with Crippen molar-refractivity contribution >= 4 is 23.4 Å². The fourth-order valence-corrected chi connectivity index (χ4v) is 3.83. The summed E-state index contributed by atoms with van der Waals surface area (Å²) in [6, 6.07) is 11.9. The van der Waals surface area contributed by atoms with Crippen LogP contribution >= 0.6 is 0 Å². The van der Waals surface area contributed by atoms with E-state index in [1.165, 1.54) is 4.90 Å². The van der Waals surface area contributed by atoms with Gasteiger partial charge in [0.15, 0.2) is 0 Å². The number of aliphatic hydroxyl groups excluding tert-OH is 1. The highest BCUT2D eigenvalue weighted by Crippen LogP contribution is 2.40. The summed E-state index contributed by atoms with van der Waals surface area (Å²) in [4.78, 5) is 40.0. The molecule has 2 atom stereocenters. The first kappa shape index (κ1) is 28.0. The molecule has 3 rings (SSSR count). The number of hydrogen-bond donors (Lipinski definition) is 4. The summed E-state index contributed by atoms with van der Waals surface area (Å²) in [6.07, 6.45) is -7.63. The summed E-state index contributed by atoms with van der Waals surface area (Å²) in [5, 5.41) is 24.0. The number of anilines is 1. The van der Waals surface area contributed by atoms with Crippen molar-refractivity contribution in [1.29, 1.82) is 0 Å². The Kier molecular flexibility index (Phi) is 7.89. The zero-order valence-electron chi connectivity index (χ0n) is 19.5. The molecule has 0 saturated heterocycles. The van der Waals surface area contributed by atoms with E-state index in [0.717, 1.165) is 0 Å². The molecule has 1 aliphatic rings. The number of carbonyl (C=O) groups excluding carboxylic acids is 3. The molecule has 3 amide bonds. The zero-order valence-corrected chi connectivity index (χ0v) is 19.5. The van der Waals surface area contributed by atoms with Crippen LogP contribution in [0.5, 0.6) is 0 Å². The normalized spacial score (nSPS) is 17.2. The Morgan fingerprint density at radius 2 is 1.57 bits per heavy atom. The van der Waals surface area contributed by atoms with Crippen LogP contribution in [0.2, 0.25) is 0 Å². The molecule has 4 N–H and O–H groups in total. The van der Waals surface area contributed by atoms with Crippen molar-refractivity contribution in [3.63, 3.8) is 0 Å². The van der Waals surface area contributed by atoms with E-state index in [9.17, 15) is 46.5 Å². The second kappa shape index (κ2) is 10.4. The van der Waals surface area contributed by atoms with Crippen LogP contribution in [0, 0.1) is 0 Å². The Balaban J connectivity index is 1.85. The number of nitrogens with one attached hydrogen (secondary N) is 2. The van der Waals surface area contributed by atoms with Crippen LogP contribution < -0.4 is 15.5 Å². The molecule has 2 aromatic carbocycles. The van der Waals surface area contributed by atoms with Gasteiger partial charge < -0.3 is 25.7 Å². The molecule has 8 nitrogen and oxygen atoms in total. The molecular formula is C24H24F5N3O5. The minimum Gasteiger partial charge on any atom is -0.395 e. The van der Waals surface area contributed by atoms with Gasteiger partial charge in [0.05, 0.1) is 12.3 Å². The van der Waals surface area contributed by atoms with E-state index >= 15 is 0 Å². The third-order valence-electron chi connectivity index (χ3n) is 5.89. The van der Waals surface area contributed by atoms with Gasteiger partial charge in [0.2, 0.25) is 5.60 Å². The first-order valence-corrected chi connectivity index (χ1v) is 11.1. The van der Waals surface area contributed by atoms with Crippen LogP contribution in [0.4, 0.5) is 27.6 Å². The van der Waals surface area contributed by atoms with Crippen LogP contribution in [0.1, 0.15) is 24.9 Å². The van der Waals surface area contributed by atoms with E-state index in [1.54, 1.807) is 53.8 Å². The molecule has 2 aromatic rings. The van der Waals surface area contributed by atoms with E-state index in [0.29, 0.717) is 29.3 Å². The number of aliphatic hydroxyl groups is 2. The van der Waals surface area contributed by atoms with Gasteiger partial charge in [0.25, 0.3) is 17.7 Å². The number of para-hydroxylation sites is 1. The predicted molar refractivity (Wildman–Crippen MR) is 121 cm³/mol. The Labute approximate surface area is 208 Å². The summed E-state index contributed by atoms with van der Waals surface area (Å²) in [7, 11) is 0. The number of carbonyl (C=O) groups is 3. The van der Waals surface area contributed by atoms with Gasteiger partial charge in [0.1, 0.15) is 6.04 Å². The number of β-amino-alcohol motifs (C(OH)–C–C–N with tert-alkyl or cyclic N) is 1. The summed E-state index contributed by atoms with van der Waals surface area (Å²) in [5.74, 6) is -8.71. The molecule has 0 spiro atoms. The van der Waals surface area contributed by atoms with Crippen LogP contribution in [0.25, 0.3) is 11.1 Å². The van der Waals surface area contributed by atoms with Crippen LogP contribution in [0.15, 0.2) is 48.5 Å². The molecule has 200 valence electrons. The minimum absolute atomic E-state index is 0.138. The quantitative estimate of drug-likeness (QED) is 0.309. The van der Waals surface area contributed by atoms with Crippen molar-refractivity contribution in [1.82, 2.24) is 10.6 Å². The maximum Gasteiger partial charge on any atom is 0.453 e. The predicted octanol–water partition coefficient (Wildman–Crippen LogP) is 2.30. The van der Waals surface area contributed by atoms with E-state index in [1.807, 2.05) is 0 Å². The van der Waals surface area contributed by atoms with Crippen molar-refractivity contribution < 1.29 is 46.5 Å². The maximum absolute atomic E-state index is 13.5. The van der Waals surface area contributed by atoms with Crippen molar-refractivity contribution in [2.75, 3.05) is 24.6 Å². The van der Waals surface area contributed by atoms with Gasteiger partial charge in [-0.15, -0.1) is 0 Å². The highest BCUT2D eigenvalue weighted by atomic mass is 19.4. The Hall–Kier alpha value is -3.58. The van der Waals surface area contributed by atoms with E-state index in [2.05, 4.69) is 5.32 Å². The molecule has 0 radical (unpaired) electrons. The molecular weight excluding hydrogens is 505 g/mol. The largest absolute Gasteiger partial charge is 0.453 e. The molecule has 37 heavy (non-hydrogen) atoms. The first-order valence-electron chi connectivity index (χ1n) is 11.1. The van der Waals surface area contributed by atoms with Crippen molar-refractivity contribution in [3.05, 3.63) is 54.1 Å². The number of fused-ring (bicyclic) bond motifs is 3. The number of nitrogens with zero attached hydrogens (tertiary/aromatic N) is 1. The maximum atomic E-state index is 13.5. The lowest BCUT2D eigenvalue weighted by Gasteiger charge is -2.28. The number of halogens is 5. The van der Waals surface area contributed by atoms with Crippen LogP contribution in [0.3, 0.4) is 0 Å². The number of alkyl halides is 5. The fraction of sp³-hybridized carbons (Fsp3) is 0.375. The zero-order chi connectivity index (χ0) is 27.6. The third-order valence-corrected chi connectivity index (χ3v) is 5.89. The van der Waals surface area contributed by atoms with E-state index in [4.69, 9.17) is 0 Å². The van der Waals surface area contributed by atoms with Crippen molar-refractivity contribution in [2.45, 2.75) is 37.1 Å². The molecule has 0 bridgehead atoms. The van der Waals surface area contributed by atoms with Gasteiger partial charge in [-0.25, -0.2) is 0 Å². The average molecular weight is 529 g/mol. The second-order valence-corrected chi connectivity index (χ2v) is 8.50. The third kappa shape index (κ3) is 5.57. The molecule has 1 heterocycles. The highest BCUT2D eigenvalue weighted by Gasteiger charge is 2.56. The standard InChI is InChI=1S/C24H24F5N3O5/c1-22(37,20(35)30-11-10-23(25,26)24(27,28)29)21(36)31-18-16-8-3-2-6-14(16)15-7-4-5-9-17(15)32(12-13-33)19(18)34/h2-9,18,33,37H,10-13H2,1H3,(H,30,35)(H,31,36)/t18-,22+/m0/s1. The van der Waals surface area contributed by atoms with Gasteiger partial charge in [-0.2, -0.15) is 22.0 Å². The molecule has 0 aliphatic carbocycles. The Morgan fingerprint density at radius 3 is 2.19 bits per heavy atom. The lowest BCUT2D eigenvalue weighted by atomic mass is 9.94. The van der Waals surface area contributed by atoms with Gasteiger partial charge in [-0.1, -0.05) is 42.5 Å². The summed E-state index contributed by atoms with van der Waals surface area (Å²) < 4.78 is 63.2. The lowest BCUT2D eigenvalue weighted by molar-refractivity contribution is -0.283.